The highest BCUT2D eigenvalue weighted by Crippen LogP contribution is 2.23. The van der Waals surface area contributed by atoms with Crippen LogP contribution in [0.2, 0.25) is 0 Å². The summed E-state index contributed by atoms with van der Waals surface area (Å²) in [6, 6.07) is 8.78. The van der Waals surface area contributed by atoms with Crippen molar-refractivity contribution in [1.82, 2.24) is 19.7 Å². The van der Waals surface area contributed by atoms with Gasteiger partial charge in [-0.1, -0.05) is 6.07 Å². The van der Waals surface area contributed by atoms with E-state index in [2.05, 4.69) is 15.4 Å². The first-order valence-electron chi connectivity index (χ1n) is 8.80. The molecular weight excluding hydrogens is 358 g/mol. The summed E-state index contributed by atoms with van der Waals surface area (Å²) in [5.74, 6) is 0.0883. The summed E-state index contributed by atoms with van der Waals surface area (Å²) in [7, 11) is 4.95. The number of carbonyl (C=O) groups excluding carboxylic acids is 2. The topological polar surface area (TPSA) is 89.3 Å². The van der Waals surface area contributed by atoms with E-state index in [-0.39, 0.29) is 18.4 Å². The zero-order valence-corrected chi connectivity index (χ0v) is 16.6. The Balaban J connectivity index is 1.79. The fraction of sp³-hybridized carbons (Fsp3) is 0.300. The molecule has 1 N–H and O–H groups in total. The van der Waals surface area contributed by atoms with Gasteiger partial charge in [-0.05, 0) is 32.0 Å². The van der Waals surface area contributed by atoms with Gasteiger partial charge in [0.05, 0.1) is 30.3 Å². The zero-order valence-electron chi connectivity index (χ0n) is 16.6. The van der Waals surface area contributed by atoms with E-state index < -0.39 is 0 Å². The van der Waals surface area contributed by atoms with Gasteiger partial charge in [-0.25, -0.2) is 4.98 Å². The zero-order chi connectivity index (χ0) is 20.4. The third-order valence-corrected chi connectivity index (χ3v) is 4.41. The van der Waals surface area contributed by atoms with Gasteiger partial charge in [0.2, 0.25) is 5.91 Å². The molecule has 0 fully saturated rings. The minimum Gasteiger partial charge on any atom is -0.497 e. The number of anilines is 1. The Kier molecular flexibility index (Phi) is 5.30. The van der Waals surface area contributed by atoms with Crippen molar-refractivity contribution in [2.45, 2.75) is 13.8 Å². The quantitative estimate of drug-likeness (QED) is 0.733. The van der Waals surface area contributed by atoms with E-state index in [1.807, 2.05) is 13.8 Å². The number of methoxy groups -OCH3 is 1. The van der Waals surface area contributed by atoms with Gasteiger partial charge in [-0.3, -0.25) is 14.3 Å². The van der Waals surface area contributed by atoms with Gasteiger partial charge in [0.1, 0.15) is 5.75 Å². The van der Waals surface area contributed by atoms with Gasteiger partial charge < -0.3 is 15.0 Å². The number of likely N-dealkylation sites (N-methyl/N-ethyl adjacent to an activating group) is 1. The first kappa shape index (κ1) is 19.3. The van der Waals surface area contributed by atoms with Crippen molar-refractivity contribution >= 4 is 28.5 Å². The Hall–Kier alpha value is -3.42. The van der Waals surface area contributed by atoms with Gasteiger partial charge in [0.15, 0.2) is 5.65 Å². The first-order chi connectivity index (χ1) is 13.3. The van der Waals surface area contributed by atoms with Gasteiger partial charge in [0.25, 0.3) is 5.91 Å². The average Bonchev–Trinajstić information content (AvgIpc) is 2.94. The molecule has 0 saturated carbocycles. The predicted octanol–water partition coefficient (Wildman–Crippen LogP) is 2.30. The van der Waals surface area contributed by atoms with E-state index >= 15 is 0 Å². The number of rotatable bonds is 5. The summed E-state index contributed by atoms with van der Waals surface area (Å²) in [5.41, 5.74) is 3.19. The van der Waals surface area contributed by atoms with Crippen LogP contribution >= 0.6 is 0 Å². The molecule has 1 aromatic carbocycles. The van der Waals surface area contributed by atoms with Crippen LogP contribution in [0.1, 0.15) is 21.7 Å². The molecule has 2 amide bonds. The van der Waals surface area contributed by atoms with E-state index in [0.29, 0.717) is 33.7 Å². The number of ether oxygens (including phenoxy) is 1. The monoisotopic (exact) mass is 381 g/mol. The maximum absolute atomic E-state index is 13.0. The van der Waals surface area contributed by atoms with Crippen LogP contribution in [0.15, 0.2) is 30.3 Å². The number of carbonyl (C=O) groups is 2. The first-order valence-corrected chi connectivity index (χ1v) is 8.80. The molecule has 28 heavy (non-hydrogen) atoms. The maximum Gasteiger partial charge on any atom is 0.254 e. The Bertz CT molecular complexity index is 1060. The highest BCUT2D eigenvalue weighted by atomic mass is 16.5. The Morgan fingerprint density at radius 2 is 2.00 bits per heavy atom. The molecule has 8 nitrogen and oxygen atoms in total. The highest BCUT2D eigenvalue weighted by Gasteiger charge is 2.21. The molecular formula is C20H23N5O3. The van der Waals surface area contributed by atoms with E-state index in [0.717, 1.165) is 5.69 Å². The number of amides is 2. The van der Waals surface area contributed by atoms with Crippen molar-refractivity contribution in [2.24, 2.45) is 7.05 Å². The Morgan fingerprint density at radius 1 is 1.25 bits per heavy atom. The van der Waals surface area contributed by atoms with Crippen LogP contribution < -0.4 is 10.1 Å². The lowest BCUT2D eigenvalue weighted by molar-refractivity contribution is -0.116. The molecule has 0 aliphatic rings. The molecule has 2 aromatic heterocycles. The molecule has 8 heteroatoms. The Morgan fingerprint density at radius 3 is 2.71 bits per heavy atom. The van der Waals surface area contributed by atoms with Crippen molar-refractivity contribution in [3.63, 3.8) is 0 Å². The van der Waals surface area contributed by atoms with Crippen LogP contribution in [0.25, 0.3) is 11.0 Å². The van der Waals surface area contributed by atoms with Crippen LogP contribution in [0.5, 0.6) is 5.75 Å². The highest BCUT2D eigenvalue weighted by molar-refractivity contribution is 6.07. The van der Waals surface area contributed by atoms with Gasteiger partial charge in [-0.15, -0.1) is 0 Å². The van der Waals surface area contributed by atoms with Crippen molar-refractivity contribution in [2.75, 3.05) is 26.0 Å². The molecule has 0 radical (unpaired) electrons. The molecule has 3 rings (SSSR count). The molecule has 0 unspecified atom stereocenters. The SMILES string of the molecule is COc1cccc(NC(=O)CN(C)C(=O)c2cc(C)nc3c2c(C)nn3C)c1. The second-order valence-corrected chi connectivity index (χ2v) is 6.66. The van der Waals surface area contributed by atoms with E-state index in [1.165, 1.54) is 4.90 Å². The molecule has 146 valence electrons. The number of hydrogen-bond acceptors (Lipinski definition) is 5. The molecule has 0 spiro atoms. The van der Waals surface area contributed by atoms with Crippen LogP contribution in [-0.4, -0.2) is 52.2 Å². The average molecular weight is 381 g/mol. The van der Waals surface area contributed by atoms with Crippen molar-refractivity contribution in [1.29, 1.82) is 0 Å². The Labute approximate surface area is 163 Å². The fourth-order valence-corrected chi connectivity index (χ4v) is 3.13. The number of nitrogens with zero attached hydrogens (tertiary/aromatic N) is 4. The smallest absolute Gasteiger partial charge is 0.254 e. The lowest BCUT2D eigenvalue weighted by Gasteiger charge is -2.18. The minimum absolute atomic E-state index is 0.0851. The molecule has 0 saturated heterocycles. The standard InChI is InChI=1S/C20H23N5O3/c1-12-9-16(18-13(2)23-25(4)19(18)21-12)20(27)24(3)11-17(26)22-14-7-6-8-15(10-14)28-5/h6-10H,11H2,1-5H3,(H,22,26). The third kappa shape index (κ3) is 3.80. The van der Waals surface area contributed by atoms with E-state index in [9.17, 15) is 9.59 Å². The van der Waals surface area contributed by atoms with Crippen molar-refractivity contribution < 1.29 is 14.3 Å². The number of hydrogen-bond donors (Lipinski definition) is 1. The van der Waals surface area contributed by atoms with Gasteiger partial charge in [0, 0.05) is 31.5 Å². The number of pyridine rings is 1. The third-order valence-electron chi connectivity index (χ3n) is 4.41. The number of aromatic nitrogens is 3. The van der Waals surface area contributed by atoms with Crippen molar-refractivity contribution in [3.05, 3.63) is 47.3 Å². The molecule has 0 bridgehead atoms. The van der Waals surface area contributed by atoms with Gasteiger partial charge in [-0.2, -0.15) is 5.10 Å². The summed E-state index contributed by atoms with van der Waals surface area (Å²) in [6.07, 6.45) is 0. The summed E-state index contributed by atoms with van der Waals surface area (Å²) in [4.78, 5) is 31.3. The lowest BCUT2D eigenvalue weighted by Crippen LogP contribution is -2.35. The second-order valence-electron chi connectivity index (χ2n) is 6.66. The lowest BCUT2D eigenvalue weighted by atomic mass is 10.1. The summed E-state index contributed by atoms with van der Waals surface area (Å²) < 4.78 is 6.81. The van der Waals surface area contributed by atoms with E-state index in [1.54, 1.807) is 56.2 Å². The minimum atomic E-state index is -0.297. The largest absolute Gasteiger partial charge is 0.497 e. The molecule has 3 aromatic rings. The fourth-order valence-electron chi connectivity index (χ4n) is 3.13. The predicted molar refractivity (Wildman–Crippen MR) is 107 cm³/mol. The summed E-state index contributed by atoms with van der Waals surface area (Å²) >= 11 is 0. The number of aryl methyl sites for hydroxylation is 3. The maximum atomic E-state index is 13.0. The normalized spacial score (nSPS) is 10.8. The molecule has 0 atom stereocenters. The van der Waals surface area contributed by atoms with Crippen LogP contribution in [0.3, 0.4) is 0 Å². The second kappa shape index (κ2) is 7.67. The number of fused-ring (bicyclic) bond motifs is 1. The summed E-state index contributed by atoms with van der Waals surface area (Å²) in [5, 5.41) is 7.84. The summed E-state index contributed by atoms with van der Waals surface area (Å²) in [6.45, 7) is 3.58. The van der Waals surface area contributed by atoms with E-state index in [4.69, 9.17) is 4.74 Å². The van der Waals surface area contributed by atoms with Crippen LogP contribution in [0.4, 0.5) is 5.69 Å². The van der Waals surface area contributed by atoms with Crippen LogP contribution in [0, 0.1) is 13.8 Å². The molecule has 0 aliphatic heterocycles. The molecule has 2 heterocycles. The molecule has 0 aliphatic carbocycles. The van der Waals surface area contributed by atoms with Gasteiger partial charge >= 0.3 is 0 Å². The number of nitrogens with one attached hydrogen (secondary N) is 1. The van der Waals surface area contributed by atoms with Crippen molar-refractivity contribution in [3.8, 4) is 5.75 Å². The van der Waals surface area contributed by atoms with Crippen LogP contribution in [-0.2, 0) is 11.8 Å². The number of benzene rings is 1.